The van der Waals surface area contributed by atoms with Gasteiger partial charge in [0.15, 0.2) is 6.61 Å². The minimum Gasteiger partial charge on any atom is -0.508 e. The average Bonchev–Trinajstić information content (AvgIpc) is 2.62. The van der Waals surface area contributed by atoms with Crippen molar-refractivity contribution >= 4 is 5.97 Å². The van der Waals surface area contributed by atoms with Crippen LogP contribution in [0.4, 0.5) is 0 Å². The molecule has 0 radical (unpaired) electrons. The van der Waals surface area contributed by atoms with Gasteiger partial charge < -0.3 is 25.4 Å². The van der Waals surface area contributed by atoms with Gasteiger partial charge in [-0.1, -0.05) is 18.2 Å². The number of carboxylic acids is 1. The van der Waals surface area contributed by atoms with E-state index in [9.17, 15) is 15.0 Å². The summed E-state index contributed by atoms with van der Waals surface area (Å²) in [5.74, 6) is -0.238. The fraction of sp³-hybridized carbons (Fsp3) is 0.381. The fourth-order valence-corrected chi connectivity index (χ4v) is 2.92. The number of aliphatic carboxylic acids is 1. The highest BCUT2D eigenvalue weighted by Gasteiger charge is 2.16. The Bertz CT molecular complexity index is 773. The summed E-state index contributed by atoms with van der Waals surface area (Å²) in [5, 5.41) is 31.8. The number of benzene rings is 2. The third-order valence-corrected chi connectivity index (χ3v) is 4.55. The second-order valence-corrected chi connectivity index (χ2v) is 6.76. The molecule has 6 nitrogen and oxygen atoms in total. The van der Waals surface area contributed by atoms with Gasteiger partial charge in [0.05, 0.1) is 6.10 Å². The molecule has 2 aromatic rings. The average molecular weight is 373 g/mol. The van der Waals surface area contributed by atoms with Crippen LogP contribution in [-0.4, -0.2) is 40.5 Å². The molecule has 0 aliphatic heterocycles. The van der Waals surface area contributed by atoms with Crippen molar-refractivity contribution in [2.45, 2.75) is 39.3 Å². The number of rotatable bonds is 9. The molecule has 6 heteroatoms. The first kappa shape index (κ1) is 20.7. The van der Waals surface area contributed by atoms with Gasteiger partial charge in [0.1, 0.15) is 11.5 Å². The first-order valence-electron chi connectivity index (χ1n) is 8.93. The number of nitrogens with one attached hydrogen (secondary N) is 1. The zero-order valence-electron chi connectivity index (χ0n) is 15.9. The highest BCUT2D eigenvalue weighted by atomic mass is 16.5. The highest BCUT2D eigenvalue weighted by Crippen LogP contribution is 2.24. The molecular weight excluding hydrogens is 346 g/mol. The number of ether oxygens (including phenoxy) is 1. The molecule has 0 aliphatic rings. The van der Waals surface area contributed by atoms with E-state index in [0.29, 0.717) is 12.3 Å². The molecule has 0 spiro atoms. The molecule has 0 saturated heterocycles. The first-order valence-corrected chi connectivity index (χ1v) is 8.93. The third-order valence-electron chi connectivity index (χ3n) is 4.55. The Hall–Kier alpha value is -2.57. The molecule has 0 aliphatic carbocycles. The largest absolute Gasteiger partial charge is 0.508 e. The maximum atomic E-state index is 10.6. The van der Waals surface area contributed by atoms with Gasteiger partial charge in [-0.15, -0.1) is 0 Å². The molecule has 4 N–H and O–H groups in total. The lowest BCUT2D eigenvalue weighted by molar-refractivity contribution is -0.139. The van der Waals surface area contributed by atoms with E-state index in [1.807, 2.05) is 32.9 Å². The molecule has 2 rings (SSSR count). The number of hydrogen-bond donors (Lipinski definition) is 4. The summed E-state index contributed by atoms with van der Waals surface area (Å²) < 4.78 is 5.30. The normalized spacial score (nSPS) is 13.2. The van der Waals surface area contributed by atoms with Crippen LogP contribution in [0.25, 0.3) is 0 Å². The Morgan fingerprint density at radius 1 is 1.15 bits per heavy atom. The molecular formula is C21H27NO5. The van der Waals surface area contributed by atoms with Crippen LogP contribution in [0.2, 0.25) is 0 Å². The number of aromatic hydroxyl groups is 1. The van der Waals surface area contributed by atoms with Crippen LogP contribution in [0.3, 0.4) is 0 Å². The van der Waals surface area contributed by atoms with Crippen LogP contribution in [0.15, 0.2) is 36.4 Å². The third kappa shape index (κ3) is 5.98. The molecule has 146 valence electrons. The topological polar surface area (TPSA) is 99.0 Å². The lowest BCUT2D eigenvalue weighted by Crippen LogP contribution is -2.33. The minimum atomic E-state index is -0.999. The number of hydrogen-bond acceptors (Lipinski definition) is 5. The summed E-state index contributed by atoms with van der Waals surface area (Å²) in [6.07, 6.45) is 0.110. The maximum Gasteiger partial charge on any atom is 0.341 e. The van der Waals surface area contributed by atoms with E-state index in [-0.39, 0.29) is 18.4 Å². The molecule has 0 aromatic heterocycles. The zero-order valence-corrected chi connectivity index (χ0v) is 15.9. The molecule has 0 amide bonds. The van der Waals surface area contributed by atoms with Crippen LogP contribution >= 0.6 is 0 Å². The highest BCUT2D eigenvalue weighted by molar-refractivity contribution is 5.68. The van der Waals surface area contributed by atoms with Crippen molar-refractivity contribution in [3.05, 3.63) is 58.7 Å². The van der Waals surface area contributed by atoms with Crippen molar-refractivity contribution in [2.75, 3.05) is 13.2 Å². The van der Waals surface area contributed by atoms with Crippen molar-refractivity contribution < 1.29 is 24.9 Å². The van der Waals surface area contributed by atoms with Crippen LogP contribution in [0.5, 0.6) is 11.5 Å². The van der Waals surface area contributed by atoms with Crippen LogP contribution in [-0.2, 0) is 11.2 Å². The number of aryl methyl sites for hydroxylation is 2. The van der Waals surface area contributed by atoms with Gasteiger partial charge in [-0.05, 0) is 74.2 Å². The van der Waals surface area contributed by atoms with E-state index in [1.54, 1.807) is 24.3 Å². The van der Waals surface area contributed by atoms with Gasteiger partial charge in [0.25, 0.3) is 0 Å². The van der Waals surface area contributed by atoms with E-state index in [0.717, 1.165) is 28.7 Å². The molecule has 2 aromatic carbocycles. The molecule has 0 heterocycles. The molecule has 0 saturated carbocycles. The molecule has 0 bridgehead atoms. The van der Waals surface area contributed by atoms with Crippen molar-refractivity contribution in [3.8, 4) is 11.5 Å². The van der Waals surface area contributed by atoms with Crippen LogP contribution < -0.4 is 10.1 Å². The second-order valence-electron chi connectivity index (χ2n) is 6.76. The fourth-order valence-electron chi connectivity index (χ4n) is 2.92. The summed E-state index contributed by atoms with van der Waals surface area (Å²) in [4.78, 5) is 10.6. The molecule has 2 atom stereocenters. The minimum absolute atomic E-state index is 0.144. The number of phenols is 1. The summed E-state index contributed by atoms with van der Waals surface area (Å²) >= 11 is 0. The summed E-state index contributed by atoms with van der Waals surface area (Å²) in [6.45, 7) is 6.11. The number of phenolic OH excluding ortho intramolecular Hbond substituents is 1. The van der Waals surface area contributed by atoms with E-state index in [1.165, 1.54) is 0 Å². The summed E-state index contributed by atoms with van der Waals surface area (Å²) in [5.41, 5.74) is 3.83. The quantitative estimate of drug-likeness (QED) is 0.539. The standard InChI is InChI=1S/C21H27NO5/c1-13-11-19(27-12-20(24)25)14(2)10-17(13)8-9-22-15(3)21(26)16-4-6-18(23)7-5-16/h4-7,10-11,15,21-23,26H,8-9,12H2,1-3H3,(H,24,25)/t15-,21-/m0/s1. The summed E-state index contributed by atoms with van der Waals surface area (Å²) in [6, 6.07) is 10.3. The summed E-state index contributed by atoms with van der Waals surface area (Å²) in [7, 11) is 0. The van der Waals surface area contributed by atoms with Crippen LogP contribution in [0.1, 0.15) is 35.3 Å². The van der Waals surface area contributed by atoms with Crippen molar-refractivity contribution in [2.24, 2.45) is 0 Å². The number of aliphatic hydroxyl groups excluding tert-OH is 1. The number of carbonyl (C=O) groups is 1. The van der Waals surface area contributed by atoms with Crippen molar-refractivity contribution in [3.63, 3.8) is 0 Å². The first-order chi connectivity index (χ1) is 12.8. The van der Waals surface area contributed by atoms with Crippen molar-refractivity contribution in [1.82, 2.24) is 5.32 Å². The van der Waals surface area contributed by atoms with E-state index >= 15 is 0 Å². The zero-order chi connectivity index (χ0) is 20.0. The Kier molecular flexibility index (Phi) is 7.21. The van der Waals surface area contributed by atoms with Gasteiger partial charge in [-0.2, -0.15) is 0 Å². The van der Waals surface area contributed by atoms with Gasteiger partial charge in [0, 0.05) is 6.04 Å². The number of carboxylic acid groups (broad SMARTS) is 1. The van der Waals surface area contributed by atoms with Gasteiger partial charge >= 0.3 is 5.97 Å². The molecule has 27 heavy (non-hydrogen) atoms. The van der Waals surface area contributed by atoms with E-state index in [2.05, 4.69) is 5.32 Å². The Morgan fingerprint density at radius 2 is 1.81 bits per heavy atom. The van der Waals surface area contributed by atoms with Crippen molar-refractivity contribution in [1.29, 1.82) is 0 Å². The molecule has 0 unspecified atom stereocenters. The Balaban J connectivity index is 1.91. The van der Waals surface area contributed by atoms with Gasteiger partial charge in [-0.25, -0.2) is 4.79 Å². The van der Waals surface area contributed by atoms with E-state index in [4.69, 9.17) is 9.84 Å². The van der Waals surface area contributed by atoms with Gasteiger partial charge in [0.2, 0.25) is 0 Å². The Labute approximate surface area is 159 Å². The predicted molar refractivity (Wildman–Crippen MR) is 103 cm³/mol. The van der Waals surface area contributed by atoms with Crippen LogP contribution in [0, 0.1) is 13.8 Å². The lowest BCUT2D eigenvalue weighted by Gasteiger charge is -2.21. The maximum absolute atomic E-state index is 10.6. The Morgan fingerprint density at radius 3 is 2.44 bits per heavy atom. The smallest absolute Gasteiger partial charge is 0.341 e. The second kappa shape index (κ2) is 9.39. The monoisotopic (exact) mass is 373 g/mol. The van der Waals surface area contributed by atoms with Gasteiger partial charge in [-0.3, -0.25) is 0 Å². The molecule has 0 fully saturated rings. The number of aliphatic hydroxyl groups is 1. The predicted octanol–water partition coefficient (Wildman–Crippen LogP) is 2.73. The SMILES string of the molecule is Cc1cc(OCC(=O)O)c(C)cc1CCN[C@@H](C)[C@H](O)c1ccc(O)cc1. The lowest BCUT2D eigenvalue weighted by atomic mass is 10.0. The van der Waals surface area contributed by atoms with E-state index < -0.39 is 12.1 Å².